The first-order chi connectivity index (χ1) is 12.8. The lowest BCUT2D eigenvalue weighted by Crippen LogP contribution is -2.25. The van der Waals surface area contributed by atoms with Gasteiger partial charge in [-0.15, -0.1) is 0 Å². The standard InChI is InChI=1S/C18H18NO7P/c1-18(2,11-5-3-4-6-14(11)26-27(22)23)10-16(20)25-17(21)13-9-15-12(19-13)7-8-24-15/h3-9,19,27H,10H2,1-2H3,(H,22,23). The van der Waals surface area contributed by atoms with Crippen molar-refractivity contribution in [3.05, 3.63) is 53.9 Å². The Balaban J connectivity index is 1.71. The van der Waals surface area contributed by atoms with Gasteiger partial charge < -0.3 is 23.6 Å². The molecule has 142 valence electrons. The largest absolute Gasteiger partial charge is 0.463 e. The molecule has 9 heteroatoms. The summed E-state index contributed by atoms with van der Waals surface area (Å²) in [6.45, 7) is 3.49. The normalized spacial score (nSPS) is 12.7. The molecule has 0 aliphatic carbocycles. The smallest absolute Gasteiger partial charge is 0.365 e. The lowest BCUT2D eigenvalue weighted by molar-refractivity contribution is -0.139. The van der Waals surface area contributed by atoms with Gasteiger partial charge in [0.05, 0.1) is 18.2 Å². The molecule has 1 aromatic carbocycles. The van der Waals surface area contributed by atoms with E-state index in [1.165, 1.54) is 12.3 Å². The van der Waals surface area contributed by atoms with Gasteiger partial charge in [-0.1, -0.05) is 32.0 Å². The fraction of sp³-hybridized carbons (Fsp3) is 0.222. The Morgan fingerprint density at radius 2 is 2.00 bits per heavy atom. The lowest BCUT2D eigenvalue weighted by Gasteiger charge is -2.25. The molecule has 0 aliphatic rings. The van der Waals surface area contributed by atoms with Gasteiger partial charge >= 0.3 is 20.2 Å². The molecule has 0 bridgehead atoms. The summed E-state index contributed by atoms with van der Waals surface area (Å²) in [6.07, 6.45) is 1.34. The minimum Gasteiger partial charge on any atom is -0.463 e. The molecule has 1 atom stereocenters. The van der Waals surface area contributed by atoms with Crippen LogP contribution in [0, 0.1) is 0 Å². The Kier molecular flexibility index (Phi) is 5.21. The van der Waals surface area contributed by atoms with Crippen molar-refractivity contribution in [2.24, 2.45) is 0 Å². The summed E-state index contributed by atoms with van der Waals surface area (Å²) in [5.41, 5.74) is 0.978. The Morgan fingerprint density at radius 1 is 1.26 bits per heavy atom. The molecule has 2 aromatic heterocycles. The molecule has 27 heavy (non-hydrogen) atoms. The highest BCUT2D eigenvalue weighted by Gasteiger charge is 2.30. The molecular weight excluding hydrogens is 373 g/mol. The van der Waals surface area contributed by atoms with E-state index in [4.69, 9.17) is 18.6 Å². The maximum Gasteiger partial charge on any atom is 0.365 e. The van der Waals surface area contributed by atoms with E-state index >= 15 is 0 Å². The maximum atomic E-state index is 12.3. The number of H-pyrrole nitrogens is 1. The van der Waals surface area contributed by atoms with Gasteiger partial charge in [-0.2, -0.15) is 0 Å². The van der Waals surface area contributed by atoms with Gasteiger partial charge in [0.25, 0.3) is 0 Å². The number of carbonyl (C=O) groups excluding carboxylic acids is 2. The summed E-state index contributed by atoms with van der Waals surface area (Å²) in [4.78, 5) is 36.3. The Hall–Kier alpha value is -2.83. The van der Waals surface area contributed by atoms with E-state index in [0.717, 1.165) is 0 Å². The summed E-state index contributed by atoms with van der Waals surface area (Å²) in [6, 6.07) is 9.72. The molecule has 2 N–H and O–H groups in total. The van der Waals surface area contributed by atoms with Crippen LogP contribution in [0.1, 0.15) is 36.3 Å². The molecule has 2 heterocycles. The third kappa shape index (κ3) is 4.30. The number of para-hydroxylation sites is 1. The molecule has 0 radical (unpaired) electrons. The fourth-order valence-corrected chi connectivity index (χ4v) is 3.18. The van der Waals surface area contributed by atoms with Crippen LogP contribution in [0.2, 0.25) is 0 Å². The van der Waals surface area contributed by atoms with Crippen LogP contribution in [-0.2, 0) is 19.5 Å². The highest BCUT2D eigenvalue weighted by Crippen LogP contribution is 2.37. The van der Waals surface area contributed by atoms with Crippen molar-refractivity contribution < 1.29 is 32.7 Å². The Morgan fingerprint density at radius 3 is 2.70 bits per heavy atom. The summed E-state index contributed by atoms with van der Waals surface area (Å²) >= 11 is 0. The summed E-state index contributed by atoms with van der Waals surface area (Å²) in [5.74, 6) is -1.34. The van der Waals surface area contributed by atoms with Crippen molar-refractivity contribution in [1.82, 2.24) is 4.98 Å². The van der Waals surface area contributed by atoms with E-state index in [-0.39, 0.29) is 17.9 Å². The molecule has 8 nitrogen and oxygen atoms in total. The van der Waals surface area contributed by atoms with E-state index in [0.29, 0.717) is 16.7 Å². The summed E-state index contributed by atoms with van der Waals surface area (Å²) in [5, 5.41) is 0. The van der Waals surface area contributed by atoms with E-state index in [1.807, 2.05) is 0 Å². The number of furan rings is 1. The van der Waals surface area contributed by atoms with E-state index in [9.17, 15) is 14.2 Å². The minimum absolute atomic E-state index is 0.109. The van der Waals surface area contributed by atoms with Crippen LogP contribution in [-0.4, -0.2) is 21.8 Å². The average Bonchev–Trinajstić information content (AvgIpc) is 3.15. The third-order valence-electron chi connectivity index (χ3n) is 4.07. The van der Waals surface area contributed by atoms with E-state index < -0.39 is 25.6 Å². The maximum absolute atomic E-state index is 12.3. The second kappa shape index (κ2) is 7.42. The number of hydrogen-bond donors (Lipinski definition) is 2. The molecule has 0 amide bonds. The first kappa shape index (κ1) is 18.9. The van der Waals surface area contributed by atoms with Gasteiger partial charge in [0.15, 0.2) is 5.58 Å². The molecule has 0 saturated carbocycles. The van der Waals surface area contributed by atoms with Crippen LogP contribution in [0.5, 0.6) is 5.75 Å². The predicted octanol–water partition coefficient (Wildman–Crippen LogP) is 3.57. The van der Waals surface area contributed by atoms with Gasteiger partial charge in [0.1, 0.15) is 11.4 Å². The van der Waals surface area contributed by atoms with Crippen molar-refractivity contribution in [1.29, 1.82) is 0 Å². The number of esters is 2. The number of nitrogens with one attached hydrogen (secondary N) is 1. The molecule has 3 aromatic rings. The summed E-state index contributed by atoms with van der Waals surface area (Å²) in [7, 11) is -3.19. The van der Waals surface area contributed by atoms with Crippen LogP contribution < -0.4 is 4.52 Å². The van der Waals surface area contributed by atoms with Crippen LogP contribution in [0.15, 0.2) is 47.1 Å². The van der Waals surface area contributed by atoms with Crippen LogP contribution in [0.3, 0.4) is 0 Å². The first-order valence-corrected chi connectivity index (χ1v) is 9.34. The highest BCUT2D eigenvalue weighted by atomic mass is 31.1. The number of rotatable bonds is 6. The fourth-order valence-electron chi connectivity index (χ4n) is 2.82. The SMILES string of the molecule is CC(C)(CC(=O)OC(=O)c1cc2occc2[nH]1)c1ccccc1O[PH](=O)O. The third-order valence-corrected chi connectivity index (χ3v) is 4.46. The molecule has 0 aliphatic heterocycles. The van der Waals surface area contributed by atoms with Gasteiger partial charge in [-0.25, -0.2) is 9.36 Å². The molecule has 1 unspecified atom stereocenters. The number of carbonyl (C=O) groups is 2. The lowest BCUT2D eigenvalue weighted by atomic mass is 9.81. The van der Waals surface area contributed by atoms with Crippen LogP contribution in [0.25, 0.3) is 11.1 Å². The second-order valence-electron chi connectivity index (χ2n) is 6.57. The van der Waals surface area contributed by atoms with Crippen molar-refractivity contribution in [3.63, 3.8) is 0 Å². The van der Waals surface area contributed by atoms with E-state index in [2.05, 4.69) is 4.98 Å². The van der Waals surface area contributed by atoms with Crippen molar-refractivity contribution in [3.8, 4) is 5.75 Å². The number of fused-ring (bicyclic) bond motifs is 1. The monoisotopic (exact) mass is 391 g/mol. The molecule has 0 spiro atoms. The quantitative estimate of drug-likeness (QED) is 0.374. The molecule has 0 fully saturated rings. The number of ether oxygens (including phenoxy) is 1. The van der Waals surface area contributed by atoms with Gasteiger partial charge in [-0.3, -0.25) is 4.79 Å². The van der Waals surface area contributed by atoms with Crippen molar-refractivity contribution >= 4 is 31.3 Å². The van der Waals surface area contributed by atoms with Crippen molar-refractivity contribution in [2.45, 2.75) is 25.7 Å². The minimum atomic E-state index is -3.19. The Labute approximate surface area is 155 Å². The molecule has 0 saturated heterocycles. The zero-order valence-corrected chi connectivity index (χ0v) is 15.6. The number of aromatic nitrogens is 1. The van der Waals surface area contributed by atoms with Gasteiger partial charge in [0, 0.05) is 23.1 Å². The van der Waals surface area contributed by atoms with Crippen molar-refractivity contribution in [2.75, 3.05) is 0 Å². The average molecular weight is 391 g/mol. The number of benzene rings is 1. The molecular formula is C18H18NO7P. The second-order valence-corrected chi connectivity index (χ2v) is 7.30. The Bertz CT molecular complexity index is 989. The number of aromatic amines is 1. The summed E-state index contributed by atoms with van der Waals surface area (Å²) < 4.78 is 26.1. The van der Waals surface area contributed by atoms with Gasteiger partial charge in [-0.05, 0) is 6.07 Å². The topological polar surface area (TPSA) is 119 Å². The number of hydrogen-bond acceptors (Lipinski definition) is 6. The first-order valence-electron chi connectivity index (χ1n) is 8.08. The molecule has 3 rings (SSSR count). The van der Waals surface area contributed by atoms with Crippen LogP contribution in [0.4, 0.5) is 0 Å². The zero-order valence-electron chi connectivity index (χ0n) is 14.6. The van der Waals surface area contributed by atoms with E-state index in [1.54, 1.807) is 44.2 Å². The highest BCUT2D eigenvalue weighted by molar-refractivity contribution is 7.32. The zero-order chi connectivity index (χ0) is 19.6. The van der Waals surface area contributed by atoms with Gasteiger partial charge in [0.2, 0.25) is 0 Å². The van der Waals surface area contributed by atoms with Crippen LogP contribution >= 0.6 is 8.25 Å². The predicted molar refractivity (Wildman–Crippen MR) is 96.9 cm³/mol.